The average Bonchev–Trinajstić information content (AvgIpc) is 2.61. The van der Waals surface area contributed by atoms with Crippen molar-refractivity contribution in [3.63, 3.8) is 0 Å². The molecule has 0 saturated heterocycles. The van der Waals surface area contributed by atoms with Gasteiger partial charge >= 0.3 is 0 Å². The van der Waals surface area contributed by atoms with Gasteiger partial charge in [-0.05, 0) is 43.2 Å². The average molecular weight is 338 g/mol. The molecule has 0 atom stereocenters. The van der Waals surface area contributed by atoms with E-state index >= 15 is 0 Å². The fraction of sp³-hybridized carbons (Fsp3) is 0.250. The molecule has 0 aliphatic heterocycles. The van der Waals surface area contributed by atoms with E-state index in [0.717, 1.165) is 11.1 Å². The lowest BCUT2D eigenvalue weighted by Gasteiger charge is -2.07. The van der Waals surface area contributed by atoms with Crippen molar-refractivity contribution < 1.29 is 14.4 Å². The van der Waals surface area contributed by atoms with Crippen LogP contribution in [0.1, 0.15) is 34.3 Å². The quantitative estimate of drug-likeness (QED) is 0.762. The van der Waals surface area contributed by atoms with E-state index in [1.54, 1.807) is 18.2 Å². The van der Waals surface area contributed by atoms with Gasteiger partial charge in [-0.25, -0.2) is 0 Å². The van der Waals surface area contributed by atoms with Crippen LogP contribution in [0.3, 0.4) is 0 Å². The number of hydrogen-bond donors (Lipinski definition) is 2. The second kappa shape index (κ2) is 8.78. The number of nitrogens with one attached hydrogen (secondary N) is 2. The highest BCUT2D eigenvalue weighted by molar-refractivity contribution is 5.99. The van der Waals surface area contributed by atoms with Crippen molar-refractivity contribution in [3.8, 4) is 0 Å². The minimum atomic E-state index is -0.319. The van der Waals surface area contributed by atoms with E-state index in [1.165, 1.54) is 0 Å². The summed E-state index contributed by atoms with van der Waals surface area (Å²) in [6.45, 7) is 3.81. The molecule has 25 heavy (non-hydrogen) atoms. The third-order valence-corrected chi connectivity index (χ3v) is 3.91. The zero-order valence-electron chi connectivity index (χ0n) is 14.5. The molecular weight excluding hydrogens is 316 g/mol. The highest BCUT2D eigenvalue weighted by Crippen LogP contribution is 2.12. The number of anilines is 1. The Labute approximate surface area is 147 Å². The lowest BCUT2D eigenvalue weighted by atomic mass is 10.0. The van der Waals surface area contributed by atoms with Crippen LogP contribution in [0.25, 0.3) is 0 Å². The molecule has 5 nitrogen and oxygen atoms in total. The monoisotopic (exact) mass is 338 g/mol. The molecule has 0 saturated carbocycles. The highest BCUT2D eigenvalue weighted by atomic mass is 16.2. The van der Waals surface area contributed by atoms with Crippen LogP contribution in [0.4, 0.5) is 5.69 Å². The Kier molecular flexibility index (Phi) is 6.46. The van der Waals surface area contributed by atoms with E-state index in [2.05, 4.69) is 10.6 Å². The van der Waals surface area contributed by atoms with Gasteiger partial charge in [-0.15, -0.1) is 0 Å². The summed E-state index contributed by atoms with van der Waals surface area (Å²) in [6, 6.07) is 14.5. The predicted molar refractivity (Wildman–Crippen MR) is 97.6 cm³/mol. The summed E-state index contributed by atoms with van der Waals surface area (Å²) in [6.07, 6.45) is 0.180. The molecule has 2 rings (SSSR count). The van der Waals surface area contributed by atoms with E-state index < -0.39 is 0 Å². The summed E-state index contributed by atoms with van der Waals surface area (Å²) >= 11 is 0. The highest BCUT2D eigenvalue weighted by Gasteiger charge is 2.11. The number of carbonyl (C=O) groups excluding carboxylic acids is 3. The third kappa shape index (κ3) is 5.88. The van der Waals surface area contributed by atoms with Gasteiger partial charge < -0.3 is 10.6 Å². The van der Waals surface area contributed by atoms with E-state index in [1.807, 2.05) is 44.2 Å². The molecule has 2 N–H and O–H groups in total. The van der Waals surface area contributed by atoms with E-state index in [0.29, 0.717) is 11.3 Å². The summed E-state index contributed by atoms with van der Waals surface area (Å²) < 4.78 is 0. The van der Waals surface area contributed by atoms with Gasteiger partial charge in [0.25, 0.3) is 0 Å². The Balaban J connectivity index is 1.74. The first-order valence-electron chi connectivity index (χ1n) is 8.18. The van der Waals surface area contributed by atoms with Crippen LogP contribution < -0.4 is 10.6 Å². The molecule has 0 fully saturated rings. The molecule has 5 heteroatoms. The third-order valence-electron chi connectivity index (χ3n) is 3.91. The van der Waals surface area contributed by atoms with Gasteiger partial charge in [0, 0.05) is 24.1 Å². The van der Waals surface area contributed by atoms with Crippen molar-refractivity contribution in [2.45, 2.75) is 26.7 Å². The van der Waals surface area contributed by atoms with Gasteiger partial charge in [0.05, 0.1) is 6.54 Å². The predicted octanol–water partition coefficient (Wildman–Crippen LogP) is 3.02. The van der Waals surface area contributed by atoms with Crippen LogP contribution in [0, 0.1) is 13.8 Å². The Morgan fingerprint density at radius 3 is 2.24 bits per heavy atom. The topological polar surface area (TPSA) is 75.3 Å². The number of hydrogen-bond acceptors (Lipinski definition) is 3. The number of ketones is 1. The SMILES string of the molecule is Cc1ccc(C(=O)CCC(=O)NCC(=O)Nc2ccccc2)cc1C. The summed E-state index contributed by atoms with van der Waals surface area (Å²) in [7, 11) is 0. The van der Waals surface area contributed by atoms with Gasteiger partial charge in [0.1, 0.15) is 0 Å². The molecule has 2 amide bonds. The minimum Gasteiger partial charge on any atom is -0.347 e. The second-order valence-electron chi connectivity index (χ2n) is 5.91. The Morgan fingerprint density at radius 1 is 0.840 bits per heavy atom. The van der Waals surface area contributed by atoms with Crippen molar-refractivity contribution in [3.05, 3.63) is 65.2 Å². The van der Waals surface area contributed by atoms with Crippen LogP contribution in [-0.2, 0) is 9.59 Å². The van der Waals surface area contributed by atoms with Gasteiger partial charge in [-0.3, -0.25) is 14.4 Å². The van der Waals surface area contributed by atoms with E-state index in [4.69, 9.17) is 0 Å². The number of para-hydroxylation sites is 1. The fourth-order valence-corrected chi connectivity index (χ4v) is 2.28. The Bertz CT molecular complexity index is 770. The summed E-state index contributed by atoms with van der Waals surface area (Å²) in [4.78, 5) is 35.7. The first kappa shape index (κ1) is 18.4. The van der Waals surface area contributed by atoms with Crippen molar-refractivity contribution in [1.82, 2.24) is 5.32 Å². The molecule has 0 aliphatic rings. The first-order valence-corrected chi connectivity index (χ1v) is 8.18. The molecule has 0 radical (unpaired) electrons. The van der Waals surface area contributed by atoms with Crippen molar-refractivity contribution in [1.29, 1.82) is 0 Å². The second-order valence-corrected chi connectivity index (χ2v) is 5.91. The molecule has 0 unspecified atom stereocenters. The van der Waals surface area contributed by atoms with Crippen LogP contribution in [-0.4, -0.2) is 24.1 Å². The largest absolute Gasteiger partial charge is 0.347 e. The van der Waals surface area contributed by atoms with Gasteiger partial charge in [0.15, 0.2) is 5.78 Å². The maximum absolute atomic E-state index is 12.1. The smallest absolute Gasteiger partial charge is 0.243 e. The van der Waals surface area contributed by atoms with Crippen LogP contribution in [0.2, 0.25) is 0 Å². The number of Topliss-reactive ketones (excluding diaryl/α,β-unsaturated/α-hetero) is 1. The summed E-state index contributed by atoms with van der Waals surface area (Å²) in [5.74, 6) is -0.701. The number of benzene rings is 2. The lowest BCUT2D eigenvalue weighted by Crippen LogP contribution is -2.33. The molecule has 0 bridgehead atoms. The number of aryl methyl sites for hydroxylation is 2. The van der Waals surface area contributed by atoms with Gasteiger partial charge in [0.2, 0.25) is 11.8 Å². The molecule has 130 valence electrons. The van der Waals surface area contributed by atoms with Gasteiger partial charge in [-0.2, -0.15) is 0 Å². The normalized spacial score (nSPS) is 10.2. The Morgan fingerprint density at radius 2 is 1.56 bits per heavy atom. The minimum absolute atomic E-state index is 0.0599. The summed E-state index contributed by atoms with van der Waals surface area (Å²) in [5, 5.41) is 5.21. The molecule has 0 heterocycles. The zero-order valence-corrected chi connectivity index (χ0v) is 14.5. The molecule has 2 aromatic carbocycles. The fourth-order valence-electron chi connectivity index (χ4n) is 2.28. The molecule has 0 aliphatic carbocycles. The van der Waals surface area contributed by atoms with Crippen LogP contribution in [0.5, 0.6) is 0 Å². The molecular formula is C20H22N2O3. The first-order chi connectivity index (χ1) is 12.0. The lowest BCUT2D eigenvalue weighted by molar-refractivity contribution is -0.124. The zero-order chi connectivity index (χ0) is 18.2. The maximum Gasteiger partial charge on any atom is 0.243 e. The molecule has 2 aromatic rings. The number of amides is 2. The van der Waals surface area contributed by atoms with Crippen molar-refractivity contribution >= 4 is 23.3 Å². The molecule has 0 spiro atoms. The van der Waals surface area contributed by atoms with Crippen molar-refractivity contribution in [2.24, 2.45) is 0 Å². The van der Waals surface area contributed by atoms with Crippen LogP contribution >= 0.6 is 0 Å². The van der Waals surface area contributed by atoms with Gasteiger partial charge in [-0.1, -0.05) is 30.3 Å². The maximum atomic E-state index is 12.1. The standard InChI is InChI=1S/C20H22N2O3/c1-14-8-9-16(12-15(14)2)18(23)10-11-19(24)21-13-20(25)22-17-6-4-3-5-7-17/h3-9,12H,10-11,13H2,1-2H3,(H,21,24)(H,22,25). The summed E-state index contributed by atoms with van der Waals surface area (Å²) in [5.41, 5.74) is 3.45. The van der Waals surface area contributed by atoms with Crippen LogP contribution in [0.15, 0.2) is 48.5 Å². The number of rotatable bonds is 7. The van der Waals surface area contributed by atoms with E-state index in [-0.39, 0.29) is 37.0 Å². The number of carbonyl (C=O) groups is 3. The Hall–Kier alpha value is -2.95. The van der Waals surface area contributed by atoms with E-state index in [9.17, 15) is 14.4 Å². The van der Waals surface area contributed by atoms with Crippen molar-refractivity contribution in [2.75, 3.05) is 11.9 Å². The molecule has 0 aromatic heterocycles.